The first-order valence-electron chi connectivity index (χ1n) is 6.20. The van der Waals surface area contributed by atoms with Crippen LogP contribution in [0.2, 0.25) is 0 Å². The molecule has 0 aliphatic heterocycles. The maximum Gasteiger partial charge on any atom is 0.309 e. The fourth-order valence-electron chi connectivity index (χ4n) is 1.66. The Bertz CT molecular complexity index is 395. The molecule has 0 aromatic heterocycles. The Morgan fingerprint density at radius 3 is 2.67 bits per heavy atom. The summed E-state index contributed by atoms with van der Waals surface area (Å²) in [5.41, 5.74) is 1.19. The summed E-state index contributed by atoms with van der Waals surface area (Å²) in [6.07, 6.45) is 0. The van der Waals surface area contributed by atoms with Gasteiger partial charge >= 0.3 is 5.97 Å². The van der Waals surface area contributed by atoms with Crippen molar-refractivity contribution in [1.29, 1.82) is 0 Å². The van der Waals surface area contributed by atoms with Gasteiger partial charge in [-0.1, -0.05) is 41.1 Å². The second-order valence-corrected chi connectivity index (χ2v) is 5.16. The van der Waals surface area contributed by atoms with Crippen molar-refractivity contribution in [2.45, 2.75) is 26.8 Å². The molecule has 0 amide bonds. The minimum atomic E-state index is -0.149. The molecule has 100 valence electrons. The molecule has 1 N–H and O–H groups in total. The second kappa shape index (κ2) is 7.54. The number of hydrogen-bond acceptors (Lipinski definition) is 3. The maximum atomic E-state index is 11.5. The van der Waals surface area contributed by atoms with Crippen molar-refractivity contribution < 1.29 is 9.53 Å². The van der Waals surface area contributed by atoms with E-state index in [1.165, 1.54) is 5.56 Å². The summed E-state index contributed by atoms with van der Waals surface area (Å²) in [6, 6.07) is 8.27. The van der Waals surface area contributed by atoms with Crippen LogP contribution in [-0.2, 0) is 9.53 Å². The highest BCUT2D eigenvalue weighted by Crippen LogP contribution is 2.22. The number of esters is 1. The lowest BCUT2D eigenvalue weighted by Crippen LogP contribution is -2.29. The second-order valence-electron chi connectivity index (χ2n) is 4.30. The van der Waals surface area contributed by atoms with E-state index < -0.39 is 0 Å². The average Bonchev–Trinajstić information content (AvgIpc) is 2.36. The van der Waals surface area contributed by atoms with Gasteiger partial charge < -0.3 is 10.1 Å². The van der Waals surface area contributed by atoms with Gasteiger partial charge in [0.1, 0.15) is 0 Å². The van der Waals surface area contributed by atoms with Crippen LogP contribution in [0.1, 0.15) is 32.4 Å². The monoisotopic (exact) mass is 313 g/mol. The van der Waals surface area contributed by atoms with Gasteiger partial charge in [0, 0.05) is 17.1 Å². The molecule has 3 nitrogen and oxygen atoms in total. The third-order valence-electron chi connectivity index (χ3n) is 2.79. The molecular formula is C14H20BrNO2. The number of rotatable bonds is 6. The Morgan fingerprint density at radius 2 is 2.06 bits per heavy atom. The minimum absolute atomic E-state index is 0.130. The topological polar surface area (TPSA) is 38.3 Å². The number of halogens is 1. The third-order valence-corrected chi connectivity index (χ3v) is 3.51. The van der Waals surface area contributed by atoms with E-state index in [2.05, 4.69) is 34.2 Å². The average molecular weight is 314 g/mol. The first-order valence-corrected chi connectivity index (χ1v) is 7.00. The first-order chi connectivity index (χ1) is 8.56. The highest BCUT2D eigenvalue weighted by atomic mass is 79.9. The zero-order valence-corrected chi connectivity index (χ0v) is 12.7. The van der Waals surface area contributed by atoms with Crippen LogP contribution in [0.4, 0.5) is 0 Å². The van der Waals surface area contributed by atoms with E-state index in [4.69, 9.17) is 4.74 Å². The minimum Gasteiger partial charge on any atom is -0.466 e. The zero-order chi connectivity index (χ0) is 13.5. The zero-order valence-electron chi connectivity index (χ0n) is 11.1. The van der Waals surface area contributed by atoms with Gasteiger partial charge in [0.05, 0.1) is 12.5 Å². The summed E-state index contributed by atoms with van der Waals surface area (Å²) in [7, 11) is 0. The number of nitrogens with one attached hydrogen (secondary N) is 1. The summed E-state index contributed by atoms with van der Waals surface area (Å²) in [4.78, 5) is 11.5. The van der Waals surface area contributed by atoms with E-state index in [1.807, 2.05) is 32.0 Å². The summed E-state index contributed by atoms with van der Waals surface area (Å²) < 4.78 is 6.05. The van der Waals surface area contributed by atoms with Gasteiger partial charge in [-0.3, -0.25) is 4.79 Å². The number of carbonyl (C=O) groups excluding carboxylic acids is 1. The highest BCUT2D eigenvalue weighted by molar-refractivity contribution is 9.10. The molecule has 0 bridgehead atoms. The standard InChI is InChI=1S/C14H20BrNO2/c1-4-18-14(17)10(2)9-16-11(3)12-7-5-6-8-13(12)15/h5-8,10-11,16H,4,9H2,1-3H3/t10?,11-/m1/s1. The van der Waals surface area contributed by atoms with E-state index in [9.17, 15) is 4.79 Å². The van der Waals surface area contributed by atoms with Gasteiger partial charge in [-0.15, -0.1) is 0 Å². The number of benzene rings is 1. The van der Waals surface area contributed by atoms with Crippen LogP contribution in [-0.4, -0.2) is 19.1 Å². The van der Waals surface area contributed by atoms with Gasteiger partial charge in [-0.2, -0.15) is 0 Å². The largest absolute Gasteiger partial charge is 0.466 e. The molecule has 4 heteroatoms. The summed E-state index contributed by atoms with van der Waals surface area (Å²) in [5, 5.41) is 3.35. The molecule has 2 atom stereocenters. The van der Waals surface area contributed by atoms with Crippen LogP contribution in [0.5, 0.6) is 0 Å². The van der Waals surface area contributed by atoms with E-state index in [0.717, 1.165) is 4.47 Å². The lowest BCUT2D eigenvalue weighted by Gasteiger charge is -2.18. The van der Waals surface area contributed by atoms with Crippen molar-refractivity contribution >= 4 is 21.9 Å². The molecule has 1 rings (SSSR count). The molecule has 18 heavy (non-hydrogen) atoms. The molecule has 1 aromatic carbocycles. The van der Waals surface area contributed by atoms with Crippen molar-refractivity contribution in [2.75, 3.05) is 13.2 Å². The van der Waals surface area contributed by atoms with Gasteiger partial charge in [0.2, 0.25) is 0 Å². The Morgan fingerprint density at radius 1 is 1.39 bits per heavy atom. The highest BCUT2D eigenvalue weighted by Gasteiger charge is 2.15. The van der Waals surface area contributed by atoms with Gasteiger partial charge in [0.25, 0.3) is 0 Å². The summed E-state index contributed by atoms with van der Waals surface area (Å²) >= 11 is 3.53. The Balaban J connectivity index is 2.49. The Labute approximate surface area is 117 Å². The van der Waals surface area contributed by atoms with Crippen LogP contribution in [0.15, 0.2) is 28.7 Å². The normalized spacial score (nSPS) is 14.0. The van der Waals surface area contributed by atoms with Crippen molar-refractivity contribution in [1.82, 2.24) is 5.32 Å². The van der Waals surface area contributed by atoms with E-state index in [1.54, 1.807) is 0 Å². The van der Waals surface area contributed by atoms with E-state index in [0.29, 0.717) is 13.2 Å². The van der Waals surface area contributed by atoms with Gasteiger partial charge in [-0.05, 0) is 25.5 Å². The summed E-state index contributed by atoms with van der Waals surface area (Å²) in [5.74, 6) is -0.279. The van der Waals surface area contributed by atoms with E-state index >= 15 is 0 Å². The molecular weight excluding hydrogens is 294 g/mol. The van der Waals surface area contributed by atoms with E-state index in [-0.39, 0.29) is 17.9 Å². The van der Waals surface area contributed by atoms with Crippen molar-refractivity contribution in [3.05, 3.63) is 34.3 Å². The lowest BCUT2D eigenvalue weighted by atomic mass is 10.1. The fourth-order valence-corrected chi connectivity index (χ4v) is 2.29. The van der Waals surface area contributed by atoms with Gasteiger partial charge in [-0.25, -0.2) is 0 Å². The molecule has 0 aliphatic carbocycles. The molecule has 0 radical (unpaired) electrons. The molecule has 1 aromatic rings. The first kappa shape index (κ1) is 15.2. The SMILES string of the molecule is CCOC(=O)C(C)CN[C@H](C)c1ccccc1Br. The fraction of sp³-hybridized carbons (Fsp3) is 0.500. The molecule has 0 saturated carbocycles. The Kier molecular flexibility index (Phi) is 6.36. The quantitative estimate of drug-likeness (QED) is 0.819. The molecule has 0 fully saturated rings. The maximum absolute atomic E-state index is 11.5. The lowest BCUT2D eigenvalue weighted by molar-refractivity contribution is -0.147. The number of carbonyl (C=O) groups is 1. The van der Waals surface area contributed by atoms with Crippen LogP contribution >= 0.6 is 15.9 Å². The molecule has 0 heterocycles. The van der Waals surface area contributed by atoms with Crippen molar-refractivity contribution in [2.24, 2.45) is 5.92 Å². The van der Waals surface area contributed by atoms with Crippen LogP contribution in [0, 0.1) is 5.92 Å². The summed E-state index contributed by atoms with van der Waals surface area (Å²) in [6.45, 7) is 6.82. The third kappa shape index (κ3) is 4.42. The molecule has 0 saturated heterocycles. The smallest absolute Gasteiger partial charge is 0.309 e. The molecule has 0 spiro atoms. The Hall–Kier alpha value is -0.870. The van der Waals surface area contributed by atoms with Crippen LogP contribution in [0.3, 0.4) is 0 Å². The number of hydrogen-bond donors (Lipinski definition) is 1. The van der Waals surface area contributed by atoms with Crippen LogP contribution in [0.25, 0.3) is 0 Å². The predicted molar refractivity (Wildman–Crippen MR) is 76.4 cm³/mol. The van der Waals surface area contributed by atoms with Gasteiger partial charge in [0.15, 0.2) is 0 Å². The van der Waals surface area contributed by atoms with Crippen molar-refractivity contribution in [3.8, 4) is 0 Å². The number of ether oxygens (including phenoxy) is 1. The molecule has 1 unspecified atom stereocenters. The molecule has 0 aliphatic rings. The predicted octanol–water partition coefficient (Wildman–Crippen LogP) is 3.30. The van der Waals surface area contributed by atoms with Crippen molar-refractivity contribution in [3.63, 3.8) is 0 Å². The van der Waals surface area contributed by atoms with Crippen LogP contribution < -0.4 is 5.32 Å².